The van der Waals surface area contributed by atoms with Gasteiger partial charge in [-0.15, -0.1) is 11.3 Å². The maximum atomic E-state index is 12.1. The lowest BCUT2D eigenvalue weighted by Gasteiger charge is -2.07. The molecular weight excluding hydrogens is 382 g/mol. The lowest BCUT2D eigenvalue weighted by Crippen LogP contribution is -2.15. The molecule has 0 aliphatic rings. The van der Waals surface area contributed by atoms with Crippen LogP contribution in [0.1, 0.15) is 28.0 Å². The van der Waals surface area contributed by atoms with Crippen molar-refractivity contribution >= 4 is 39.3 Å². The van der Waals surface area contributed by atoms with Crippen LogP contribution in [0.2, 0.25) is 0 Å². The van der Waals surface area contributed by atoms with Gasteiger partial charge in [-0.25, -0.2) is 19.6 Å². The lowest BCUT2D eigenvalue weighted by atomic mass is 10.2. The molecule has 0 saturated carbocycles. The first-order valence-electron chi connectivity index (χ1n) is 8.55. The van der Waals surface area contributed by atoms with Crippen molar-refractivity contribution in [1.82, 2.24) is 9.97 Å². The van der Waals surface area contributed by atoms with Crippen LogP contribution >= 0.6 is 11.3 Å². The third-order valence-electron chi connectivity index (χ3n) is 3.79. The van der Waals surface area contributed by atoms with Gasteiger partial charge in [0.1, 0.15) is 21.3 Å². The number of nitrogens with two attached hydrogens (primary N) is 1. The highest BCUT2D eigenvalue weighted by atomic mass is 32.1. The summed E-state index contributed by atoms with van der Waals surface area (Å²) in [5.41, 5.74) is 6.70. The second-order valence-corrected chi connectivity index (χ2v) is 6.74. The minimum atomic E-state index is -0.555. The number of nitrogen functional groups attached to an aromatic ring is 1. The van der Waals surface area contributed by atoms with E-state index in [9.17, 15) is 9.59 Å². The summed E-state index contributed by atoms with van der Waals surface area (Å²) in [4.78, 5) is 33.4. The smallest absolute Gasteiger partial charge is 0.348 e. The lowest BCUT2D eigenvalue weighted by molar-refractivity contribution is -0.147. The molecule has 3 rings (SSSR count). The Morgan fingerprint density at radius 2 is 1.89 bits per heavy atom. The molecule has 0 amide bonds. The molecular formula is C19H19N3O5S. The number of aromatic nitrogens is 2. The summed E-state index contributed by atoms with van der Waals surface area (Å²) in [5.74, 6) is 0.0617. The predicted octanol–water partition coefficient (Wildman–Crippen LogP) is 2.88. The summed E-state index contributed by atoms with van der Waals surface area (Å²) >= 11 is 1.17. The molecule has 2 heterocycles. The number of fused-ring (bicyclic) bond motifs is 1. The van der Waals surface area contributed by atoms with Crippen molar-refractivity contribution in [1.29, 1.82) is 0 Å². The summed E-state index contributed by atoms with van der Waals surface area (Å²) < 4.78 is 15.5. The van der Waals surface area contributed by atoms with Crippen LogP contribution < -0.4 is 10.5 Å². The van der Waals surface area contributed by atoms with E-state index in [2.05, 4.69) is 9.97 Å². The summed E-state index contributed by atoms with van der Waals surface area (Å²) in [6.45, 7) is 3.41. The SMILES string of the molecule is CCOC(=O)c1sc2nc(COC(=O)COc3ccccc3)nc(N)c2c1C. The Morgan fingerprint density at radius 3 is 2.61 bits per heavy atom. The van der Waals surface area contributed by atoms with Gasteiger partial charge < -0.3 is 19.9 Å². The van der Waals surface area contributed by atoms with E-state index >= 15 is 0 Å². The van der Waals surface area contributed by atoms with E-state index in [1.165, 1.54) is 11.3 Å². The van der Waals surface area contributed by atoms with E-state index in [-0.39, 0.29) is 31.5 Å². The van der Waals surface area contributed by atoms with Crippen molar-refractivity contribution in [2.45, 2.75) is 20.5 Å². The number of thiophene rings is 1. The number of anilines is 1. The molecule has 0 unspecified atom stereocenters. The first kappa shape index (κ1) is 19.6. The summed E-state index contributed by atoms with van der Waals surface area (Å²) in [7, 11) is 0. The van der Waals surface area contributed by atoms with Gasteiger partial charge in [0.05, 0.1) is 12.0 Å². The number of nitrogens with zero attached hydrogens (tertiary/aromatic N) is 2. The number of aryl methyl sites for hydroxylation is 1. The molecule has 28 heavy (non-hydrogen) atoms. The van der Waals surface area contributed by atoms with Gasteiger partial charge in [0.2, 0.25) is 0 Å². The first-order chi connectivity index (χ1) is 13.5. The highest BCUT2D eigenvalue weighted by Crippen LogP contribution is 2.33. The molecule has 0 fully saturated rings. The van der Waals surface area contributed by atoms with Crippen molar-refractivity contribution in [3.63, 3.8) is 0 Å². The van der Waals surface area contributed by atoms with Crippen LogP contribution in [0.25, 0.3) is 10.2 Å². The van der Waals surface area contributed by atoms with Gasteiger partial charge in [-0.1, -0.05) is 18.2 Å². The van der Waals surface area contributed by atoms with Crippen molar-refractivity contribution in [2.24, 2.45) is 0 Å². The number of esters is 2. The van der Waals surface area contributed by atoms with Gasteiger partial charge in [-0.05, 0) is 31.5 Å². The third-order valence-corrected chi connectivity index (χ3v) is 4.95. The zero-order valence-electron chi connectivity index (χ0n) is 15.4. The topological polar surface area (TPSA) is 114 Å². The fraction of sp³-hybridized carbons (Fsp3) is 0.263. The van der Waals surface area contributed by atoms with E-state index in [0.717, 1.165) is 0 Å². The second kappa shape index (κ2) is 8.66. The minimum Gasteiger partial charge on any atom is -0.482 e. The molecule has 1 aromatic carbocycles. The number of hydrogen-bond donors (Lipinski definition) is 1. The number of ether oxygens (including phenoxy) is 3. The van der Waals surface area contributed by atoms with Crippen molar-refractivity contribution in [2.75, 3.05) is 18.9 Å². The second-order valence-electron chi connectivity index (χ2n) is 5.74. The van der Waals surface area contributed by atoms with Crippen LogP contribution in [-0.4, -0.2) is 35.1 Å². The molecule has 3 aromatic rings. The molecule has 9 heteroatoms. The molecule has 0 saturated heterocycles. The van der Waals surface area contributed by atoms with E-state index < -0.39 is 11.9 Å². The highest BCUT2D eigenvalue weighted by molar-refractivity contribution is 7.20. The Labute approximate surface area is 165 Å². The van der Waals surface area contributed by atoms with Crippen LogP contribution in [0.15, 0.2) is 30.3 Å². The molecule has 0 spiro atoms. The number of carbonyl (C=O) groups excluding carboxylic acids is 2. The molecule has 0 aliphatic heterocycles. The number of para-hydroxylation sites is 1. The van der Waals surface area contributed by atoms with Gasteiger partial charge in [0.25, 0.3) is 0 Å². The fourth-order valence-electron chi connectivity index (χ4n) is 2.52. The van der Waals surface area contributed by atoms with Crippen molar-refractivity contribution < 1.29 is 23.8 Å². The van der Waals surface area contributed by atoms with Crippen LogP contribution in [-0.2, 0) is 20.9 Å². The average Bonchev–Trinajstić information content (AvgIpc) is 3.03. The van der Waals surface area contributed by atoms with Crippen LogP contribution in [0.4, 0.5) is 5.82 Å². The Bertz CT molecular complexity index is 1000. The molecule has 146 valence electrons. The molecule has 2 aromatic heterocycles. The number of benzene rings is 1. The maximum Gasteiger partial charge on any atom is 0.348 e. The maximum absolute atomic E-state index is 12.1. The molecule has 0 atom stereocenters. The largest absolute Gasteiger partial charge is 0.482 e. The quantitative estimate of drug-likeness (QED) is 0.601. The summed E-state index contributed by atoms with van der Waals surface area (Å²) in [6, 6.07) is 8.94. The van der Waals surface area contributed by atoms with Crippen LogP contribution in [0, 0.1) is 6.92 Å². The van der Waals surface area contributed by atoms with Crippen molar-refractivity contribution in [3.05, 3.63) is 46.6 Å². The first-order valence-corrected chi connectivity index (χ1v) is 9.37. The van der Waals surface area contributed by atoms with E-state index in [4.69, 9.17) is 19.9 Å². The normalized spacial score (nSPS) is 10.6. The number of carbonyl (C=O) groups is 2. The Morgan fingerprint density at radius 1 is 1.14 bits per heavy atom. The fourth-order valence-corrected chi connectivity index (χ4v) is 3.62. The molecule has 8 nitrogen and oxygen atoms in total. The number of rotatable bonds is 7. The van der Waals surface area contributed by atoms with Gasteiger partial charge in [-0.2, -0.15) is 0 Å². The van der Waals surface area contributed by atoms with Gasteiger partial charge in [0.15, 0.2) is 19.0 Å². The molecule has 2 N–H and O–H groups in total. The Balaban J connectivity index is 1.68. The van der Waals surface area contributed by atoms with Gasteiger partial charge in [-0.3, -0.25) is 0 Å². The monoisotopic (exact) mass is 401 g/mol. The summed E-state index contributed by atoms with van der Waals surface area (Å²) in [6.07, 6.45) is 0. The van der Waals surface area contributed by atoms with E-state index in [1.807, 2.05) is 6.07 Å². The average molecular weight is 401 g/mol. The van der Waals surface area contributed by atoms with Crippen molar-refractivity contribution in [3.8, 4) is 5.75 Å². The van der Waals surface area contributed by atoms with Gasteiger partial charge >= 0.3 is 11.9 Å². The molecule has 0 aliphatic carbocycles. The van der Waals surface area contributed by atoms with E-state index in [0.29, 0.717) is 26.4 Å². The molecule has 0 bridgehead atoms. The predicted molar refractivity (Wildman–Crippen MR) is 104 cm³/mol. The third kappa shape index (κ3) is 4.37. The highest BCUT2D eigenvalue weighted by Gasteiger charge is 2.20. The standard InChI is InChI=1S/C19H19N3O5S/c1-3-25-19(24)16-11(2)15-17(20)21-13(22-18(15)28-16)9-27-14(23)10-26-12-7-5-4-6-8-12/h4-8H,3,9-10H2,1-2H3,(H2,20,21,22). The number of hydrogen-bond acceptors (Lipinski definition) is 9. The zero-order valence-corrected chi connectivity index (χ0v) is 16.2. The zero-order chi connectivity index (χ0) is 20.1. The van der Waals surface area contributed by atoms with Crippen LogP contribution in [0.5, 0.6) is 5.75 Å². The Kier molecular flexibility index (Phi) is 6.05. The Hall–Kier alpha value is -3.20. The summed E-state index contributed by atoms with van der Waals surface area (Å²) in [5, 5.41) is 0.607. The van der Waals surface area contributed by atoms with Crippen LogP contribution in [0.3, 0.4) is 0 Å². The minimum absolute atomic E-state index is 0.150. The molecule has 0 radical (unpaired) electrons. The van der Waals surface area contributed by atoms with Gasteiger partial charge in [0, 0.05) is 0 Å². The van der Waals surface area contributed by atoms with E-state index in [1.54, 1.807) is 38.1 Å².